The first-order valence-electron chi connectivity index (χ1n) is 6.34. The second-order valence-corrected chi connectivity index (χ2v) is 6.76. The molecule has 0 heterocycles. The number of anilines is 1. The van der Waals surface area contributed by atoms with Crippen molar-refractivity contribution < 1.29 is 17.9 Å². The van der Waals surface area contributed by atoms with Crippen LogP contribution in [0.1, 0.15) is 11.7 Å². The average Bonchev–Trinajstić information content (AvgIpc) is 2.45. The zero-order valence-corrected chi connectivity index (χ0v) is 12.3. The van der Waals surface area contributed by atoms with Gasteiger partial charge in [0.25, 0.3) is 0 Å². The molecule has 0 aliphatic heterocycles. The lowest BCUT2D eigenvalue weighted by atomic mass is 10.1. The van der Waals surface area contributed by atoms with Crippen molar-refractivity contribution in [3.8, 4) is 0 Å². The molecule has 0 bridgehead atoms. The molecule has 0 aromatic heterocycles. The van der Waals surface area contributed by atoms with Gasteiger partial charge in [-0.05, 0) is 42.0 Å². The quantitative estimate of drug-likeness (QED) is 0.890. The summed E-state index contributed by atoms with van der Waals surface area (Å²) >= 11 is 0. The summed E-state index contributed by atoms with van der Waals surface area (Å²) in [6.45, 7) is 0.240. The van der Waals surface area contributed by atoms with Crippen molar-refractivity contribution in [1.29, 1.82) is 0 Å². The molecule has 2 aromatic carbocycles. The third-order valence-corrected chi connectivity index (χ3v) is 4.17. The molecule has 112 valence electrons. The lowest BCUT2D eigenvalue weighted by Gasteiger charge is -2.13. The highest BCUT2D eigenvalue weighted by Gasteiger charge is 2.09. The lowest BCUT2D eigenvalue weighted by molar-refractivity contribution is 0.191. The van der Waals surface area contributed by atoms with E-state index in [-0.39, 0.29) is 17.3 Å². The highest BCUT2D eigenvalue weighted by Crippen LogP contribution is 2.17. The highest BCUT2D eigenvalue weighted by atomic mass is 32.2. The second kappa shape index (κ2) is 6.24. The first kappa shape index (κ1) is 15.5. The van der Waals surface area contributed by atoms with E-state index in [2.05, 4.69) is 5.32 Å². The number of benzene rings is 2. The zero-order valence-electron chi connectivity index (χ0n) is 11.5. The van der Waals surface area contributed by atoms with Gasteiger partial charge in [-0.3, -0.25) is 0 Å². The molecule has 0 spiro atoms. The smallest absolute Gasteiger partial charge is 0.175 e. The van der Waals surface area contributed by atoms with E-state index in [1.54, 1.807) is 12.1 Å². The molecule has 0 saturated carbocycles. The van der Waals surface area contributed by atoms with Gasteiger partial charge in [0, 0.05) is 18.5 Å². The highest BCUT2D eigenvalue weighted by molar-refractivity contribution is 7.90. The van der Waals surface area contributed by atoms with Crippen molar-refractivity contribution in [2.45, 2.75) is 11.0 Å². The summed E-state index contributed by atoms with van der Waals surface area (Å²) < 4.78 is 35.5. The zero-order chi connectivity index (χ0) is 15.5. The summed E-state index contributed by atoms with van der Waals surface area (Å²) in [6, 6.07) is 11.9. The van der Waals surface area contributed by atoms with Crippen LogP contribution in [-0.2, 0) is 9.84 Å². The summed E-state index contributed by atoms with van der Waals surface area (Å²) in [7, 11) is -3.21. The molecule has 1 atom stereocenters. The van der Waals surface area contributed by atoms with Crippen LogP contribution < -0.4 is 5.32 Å². The largest absolute Gasteiger partial charge is 0.387 e. The summed E-state index contributed by atoms with van der Waals surface area (Å²) in [6.07, 6.45) is 0.369. The van der Waals surface area contributed by atoms with Crippen molar-refractivity contribution in [3.63, 3.8) is 0 Å². The van der Waals surface area contributed by atoms with Gasteiger partial charge in [-0.2, -0.15) is 0 Å². The predicted octanol–water partition coefficient (Wildman–Crippen LogP) is 2.37. The van der Waals surface area contributed by atoms with Crippen LogP contribution in [-0.4, -0.2) is 26.3 Å². The molecule has 0 fully saturated rings. The van der Waals surface area contributed by atoms with Crippen molar-refractivity contribution in [1.82, 2.24) is 0 Å². The molecule has 2 N–H and O–H groups in total. The van der Waals surface area contributed by atoms with E-state index in [9.17, 15) is 17.9 Å². The summed E-state index contributed by atoms with van der Waals surface area (Å²) in [5, 5.41) is 13.0. The van der Waals surface area contributed by atoms with Crippen LogP contribution in [0.4, 0.5) is 10.1 Å². The number of aliphatic hydroxyl groups excluding tert-OH is 1. The van der Waals surface area contributed by atoms with Crippen LogP contribution in [0.15, 0.2) is 53.4 Å². The van der Waals surface area contributed by atoms with Gasteiger partial charge in [0.15, 0.2) is 9.84 Å². The van der Waals surface area contributed by atoms with Crippen LogP contribution in [0.2, 0.25) is 0 Å². The Morgan fingerprint density at radius 1 is 1.10 bits per heavy atom. The van der Waals surface area contributed by atoms with Crippen molar-refractivity contribution in [3.05, 3.63) is 59.9 Å². The SMILES string of the molecule is CS(=O)(=O)c1ccc(NCC(O)c2ccc(F)cc2)cc1. The van der Waals surface area contributed by atoms with E-state index in [1.807, 2.05) is 0 Å². The Morgan fingerprint density at radius 2 is 1.67 bits per heavy atom. The van der Waals surface area contributed by atoms with Gasteiger partial charge in [-0.1, -0.05) is 12.1 Å². The minimum absolute atomic E-state index is 0.240. The first-order chi connectivity index (χ1) is 9.86. The molecule has 2 aromatic rings. The van der Waals surface area contributed by atoms with E-state index >= 15 is 0 Å². The maximum Gasteiger partial charge on any atom is 0.175 e. The Hall–Kier alpha value is -1.92. The average molecular weight is 309 g/mol. The van der Waals surface area contributed by atoms with Crippen LogP contribution in [0, 0.1) is 5.82 Å². The first-order valence-corrected chi connectivity index (χ1v) is 8.23. The second-order valence-electron chi connectivity index (χ2n) is 4.74. The number of nitrogens with one attached hydrogen (secondary N) is 1. The van der Waals surface area contributed by atoms with Gasteiger partial charge in [0.05, 0.1) is 11.0 Å². The van der Waals surface area contributed by atoms with E-state index in [0.29, 0.717) is 11.3 Å². The minimum Gasteiger partial charge on any atom is -0.387 e. The third kappa shape index (κ3) is 4.27. The topological polar surface area (TPSA) is 66.4 Å². The molecule has 0 aliphatic rings. The summed E-state index contributed by atoms with van der Waals surface area (Å²) in [5.41, 5.74) is 1.31. The molecule has 4 nitrogen and oxygen atoms in total. The maximum absolute atomic E-state index is 12.8. The van der Waals surface area contributed by atoms with E-state index in [0.717, 1.165) is 6.26 Å². The Balaban J connectivity index is 1.98. The molecule has 0 saturated heterocycles. The molecular weight excluding hydrogens is 293 g/mol. The predicted molar refractivity (Wildman–Crippen MR) is 79.4 cm³/mol. The minimum atomic E-state index is -3.21. The van der Waals surface area contributed by atoms with E-state index in [4.69, 9.17) is 0 Å². The van der Waals surface area contributed by atoms with Gasteiger partial charge < -0.3 is 10.4 Å². The number of hydrogen-bond acceptors (Lipinski definition) is 4. The van der Waals surface area contributed by atoms with E-state index in [1.165, 1.54) is 36.4 Å². The van der Waals surface area contributed by atoms with Crippen LogP contribution in [0.5, 0.6) is 0 Å². The summed E-state index contributed by atoms with van der Waals surface area (Å²) in [5.74, 6) is -0.352. The van der Waals surface area contributed by atoms with Crippen LogP contribution in [0.25, 0.3) is 0 Å². The molecule has 1 unspecified atom stereocenters. The van der Waals surface area contributed by atoms with Crippen LogP contribution >= 0.6 is 0 Å². The number of halogens is 1. The van der Waals surface area contributed by atoms with Crippen LogP contribution in [0.3, 0.4) is 0 Å². The Bertz CT molecular complexity index is 697. The fourth-order valence-electron chi connectivity index (χ4n) is 1.84. The number of sulfone groups is 1. The number of hydrogen-bond donors (Lipinski definition) is 2. The fraction of sp³-hybridized carbons (Fsp3) is 0.200. The molecular formula is C15H16FNO3S. The maximum atomic E-state index is 12.8. The van der Waals surface area contributed by atoms with Gasteiger partial charge in [0.2, 0.25) is 0 Å². The number of aliphatic hydroxyl groups is 1. The molecule has 0 aliphatic carbocycles. The Morgan fingerprint density at radius 3 is 2.19 bits per heavy atom. The number of rotatable bonds is 5. The third-order valence-electron chi connectivity index (χ3n) is 3.04. The van der Waals surface area contributed by atoms with Crippen molar-refractivity contribution in [2.24, 2.45) is 0 Å². The molecule has 2 rings (SSSR count). The molecule has 6 heteroatoms. The fourth-order valence-corrected chi connectivity index (χ4v) is 2.47. The van der Waals surface area contributed by atoms with Crippen molar-refractivity contribution >= 4 is 15.5 Å². The lowest BCUT2D eigenvalue weighted by Crippen LogP contribution is -2.12. The molecule has 0 radical (unpaired) electrons. The summed E-state index contributed by atoms with van der Waals surface area (Å²) in [4.78, 5) is 0.243. The Labute approximate surface area is 123 Å². The standard InChI is InChI=1S/C15H16FNO3S/c1-21(19,20)14-8-6-13(7-9-14)17-10-15(18)11-2-4-12(16)5-3-11/h2-9,15,17-18H,10H2,1H3. The van der Waals surface area contributed by atoms with Gasteiger partial charge in [0.1, 0.15) is 5.82 Å². The van der Waals surface area contributed by atoms with Gasteiger partial charge in [-0.25, -0.2) is 12.8 Å². The molecule has 0 amide bonds. The van der Waals surface area contributed by atoms with Gasteiger partial charge >= 0.3 is 0 Å². The van der Waals surface area contributed by atoms with E-state index < -0.39 is 15.9 Å². The normalized spacial score (nSPS) is 12.9. The van der Waals surface area contributed by atoms with Gasteiger partial charge in [-0.15, -0.1) is 0 Å². The molecule has 21 heavy (non-hydrogen) atoms. The Kier molecular flexibility index (Phi) is 4.59. The monoisotopic (exact) mass is 309 g/mol. The van der Waals surface area contributed by atoms with Crippen molar-refractivity contribution in [2.75, 3.05) is 18.1 Å².